The number of aromatic amines is 1. The van der Waals surface area contributed by atoms with Crippen molar-refractivity contribution in [1.82, 2.24) is 9.97 Å². The third kappa shape index (κ3) is 2.68. The maximum Gasteiger partial charge on any atom is 0.138 e. The standard InChI is InChI=1S/C13H6Br2Cl2N2/c14-7-1-6(2-8(15)3-7)13-18-11-4-9(16)10(17)5-12(11)19-13/h1-5H,(H,18,19). The van der Waals surface area contributed by atoms with E-state index in [9.17, 15) is 0 Å². The predicted octanol–water partition coefficient (Wildman–Crippen LogP) is 6.06. The van der Waals surface area contributed by atoms with Crippen LogP contribution in [-0.4, -0.2) is 9.97 Å². The van der Waals surface area contributed by atoms with E-state index >= 15 is 0 Å². The molecule has 0 radical (unpaired) electrons. The Hall–Kier alpha value is -0.550. The average Bonchev–Trinajstić information content (AvgIpc) is 2.71. The van der Waals surface area contributed by atoms with E-state index in [2.05, 4.69) is 41.8 Å². The molecule has 2 aromatic carbocycles. The van der Waals surface area contributed by atoms with E-state index in [1.165, 1.54) is 0 Å². The SMILES string of the molecule is Clc1cc2nc(-c3cc(Br)cc(Br)c3)[nH]c2cc1Cl. The summed E-state index contributed by atoms with van der Waals surface area (Å²) in [5.74, 6) is 0.773. The molecule has 0 aliphatic rings. The van der Waals surface area contributed by atoms with Crippen LogP contribution in [-0.2, 0) is 0 Å². The number of benzene rings is 2. The molecule has 0 saturated carbocycles. The number of rotatable bonds is 1. The molecule has 0 spiro atoms. The van der Waals surface area contributed by atoms with Crippen LogP contribution in [0.3, 0.4) is 0 Å². The Morgan fingerprint density at radius 3 is 2.21 bits per heavy atom. The molecule has 19 heavy (non-hydrogen) atoms. The molecule has 0 saturated heterocycles. The maximum absolute atomic E-state index is 6.00. The van der Waals surface area contributed by atoms with Crippen molar-refractivity contribution < 1.29 is 0 Å². The number of halogens is 4. The summed E-state index contributed by atoms with van der Waals surface area (Å²) in [4.78, 5) is 7.77. The van der Waals surface area contributed by atoms with Crippen LogP contribution < -0.4 is 0 Å². The Bertz CT molecular complexity index is 724. The topological polar surface area (TPSA) is 28.7 Å². The van der Waals surface area contributed by atoms with Crippen molar-refractivity contribution in [3.8, 4) is 11.4 Å². The van der Waals surface area contributed by atoms with Crippen LogP contribution >= 0.6 is 55.1 Å². The van der Waals surface area contributed by atoms with E-state index in [4.69, 9.17) is 23.2 Å². The average molecular weight is 421 g/mol. The van der Waals surface area contributed by atoms with E-state index < -0.39 is 0 Å². The van der Waals surface area contributed by atoms with E-state index in [1.807, 2.05) is 18.2 Å². The summed E-state index contributed by atoms with van der Waals surface area (Å²) in [5, 5.41) is 1.02. The minimum absolute atomic E-state index is 0.502. The maximum atomic E-state index is 6.00. The summed E-state index contributed by atoms with van der Waals surface area (Å²) in [7, 11) is 0. The molecule has 96 valence electrons. The summed E-state index contributed by atoms with van der Waals surface area (Å²) in [5.41, 5.74) is 2.63. The molecule has 0 amide bonds. The van der Waals surface area contributed by atoms with E-state index in [0.29, 0.717) is 10.0 Å². The molecule has 6 heteroatoms. The first-order chi connectivity index (χ1) is 9.02. The van der Waals surface area contributed by atoms with Crippen LogP contribution in [0.2, 0.25) is 10.0 Å². The van der Waals surface area contributed by atoms with Crippen molar-refractivity contribution in [2.45, 2.75) is 0 Å². The Morgan fingerprint density at radius 2 is 1.53 bits per heavy atom. The van der Waals surface area contributed by atoms with Crippen LogP contribution in [0.25, 0.3) is 22.4 Å². The Balaban J connectivity index is 2.20. The van der Waals surface area contributed by atoms with Crippen molar-refractivity contribution in [3.63, 3.8) is 0 Å². The number of imidazole rings is 1. The fourth-order valence-corrected chi connectivity index (χ4v) is 3.45. The lowest BCUT2D eigenvalue weighted by molar-refractivity contribution is 1.33. The van der Waals surface area contributed by atoms with Gasteiger partial charge < -0.3 is 4.98 Å². The quantitative estimate of drug-likeness (QED) is 0.509. The fourth-order valence-electron chi connectivity index (χ4n) is 1.83. The number of nitrogens with zero attached hydrogens (tertiary/aromatic N) is 1. The highest BCUT2D eigenvalue weighted by Crippen LogP contribution is 2.30. The normalized spacial score (nSPS) is 11.2. The zero-order valence-electron chi connectivity index (χ0n) is 9.35. The molecule has 0 atom stereocenters. The van der Waals surface area contributed by atoms with Gasteiger partial charge in [0.1, 0.15) is 5.82 Å². The van der Waals surface area contributed by atoms with Gasteiger partial charge in [0.2, 0.25) is 0 Å². The summed E-state index contributed by atoms with van der Waals surface area (Å²) in [6, 6.07) is 9.49. The van der Waals surface area contributed by atoms with Gasteiger partial charge in [-0.1, -0.05) is 55.1 Å². The fraction of sp³-hybridized carbons (Fsp3) is 0. The van der Waals surface area contributed by atoms with E-state index in [0.717, 1.165) is 31.4 Å². The van der Waals surface area contributed by atoms with E-state index in [1.54, 1.807) is 12.1 Å². The first-order valence-electron chi connectivity index (χ1n) is 5.34. The molecule has 0 aliphatic heterocycles. The first kappa shape index (κ1) is 13.4. The lowest BCUT2D eigenvalue weighted by atomic mass is 10.2. The monoisotopic (exact) mass is 418 g/mol. The van der Waals surface area contributed by atoms with Crippen molar-refractivity contribution >= 4 is 66.1 Å². The highest BCUT2D eigenvalue weighted by Gasteiger charge is 2.09. The van der Waals surface area contributed by atoms with Gasteiger partial charge in [-0.15, -0.1) is 0 Å². The number of aromatic nitrogens is 2. The summed E-state index contributed by atoms with van der Waals surface area (Å²) in [6.45, 7) is 0. The number of hydrogen-bond donors (Lipinski definition) is 1. The van der Waals surface area contributed by atoms with Crippen LogP contribution in [0.15, 0.2) is 39.3 Å². The van der Waals surface area contributed by atoms with Crippen LogP contribution in [0.1, 0.15) is 0 Å². The van der Waals surface area contributed by atoms with Crippen molar-refractivity contribution in [3.05, 3.63) is 49.3 Å². The molecule has 3 aromatic rings. The number of fused-ring (bicyclic) bond motifs is 1. The highest BCUT2D eigenvalue weighted by atomic mass is 79.9. The third-order valence-corrected chi connectivity index (χ3v) is 4.30. The smallest absolute Gasteiger partial charge is 0.138 e. The lowest BCUT2D eigenvalue weighted by Gasteiger charge is -1.99. The number of hydrogen-bond acceptors (Lipinski definition) is 1. The van der Waals surface area contributed by atoms with Gasteiger partial charge in [0.25, 0.3) is 0 Å². The Labute approximate surface area is 136 Å². The number of H-pyrrole nitrogens is 1. The molecule has 1 heterocycles. The zero-order valence-corrected chi connectivity index (χ0v) is 14.0. The highest BCUT2D eigenvalue weighted by molar-refractivity contribution is 9.11. The van der Waals surface area contributed by atoms with Gasteiger partial charge in [-0.3, -0.25) is 0 Å². The predicted molar refractivity (Wildman–Crippen MR) is 86.9 cm³/mol. The molecule has 1 N–H and O–H groups in total. The van der Waals surface area contributed by atoms with Crippen molar-refractivity contribution in [1.29, 1.82) is 0 Å². The molecule has 3 rings (SSSR count). The van der Waals surface area contributed by atoms with Crippen LogP contribution in [0.5, 0.6) is 0 Å². The summed E-state index contributed by atoms with van der Waals surface area (Å²) >= 11 is 18.9. The van der Waals surface area contributed by atoms with E-state index in [-0.39, 0.29) is 0 Å². The number of nitrogens with one attached hydrogen (secondary N) is 1. The second-order valence-corrected chi connectivity index (χ2v) is 6.67. The Kier molecular flexibility index (Phi) is 3.60. The molecule has 0 unspecified atom stereocenters. The van der Waals surface area contributed by atoms with Gasteiger partial charge in [-0.25, -0.2) is 4.98 Å². The third-order valence-electron chi connectivity index (χ3n) is 2.66. The minimum atomic E-state index is 0.502. The summed E-state index contributed by atoms with van der Waals surface area (Å²) < 4.78 is 1.96. The van der Waals surface area contributed by atoms with Crippen molar-refractivity contribution in [2.24, 2.45) is 0 Å². The van der Waals surface area contributed by atoms with Gasteiger partial charge in [0.05, 0.1) is 21.1 Å². The first-order valence-corrected chi connectivity index (χ1v) is 7.68. The molecule has 0 bridgehead atoms. The van der Waals surface area contributed by atoms with Gasteiger partial charge in [-0.05, 0) is 30.3 Å². The molecular formula is C13H6Br2Cl2N2. The zero-order chi connectivity index (χ0) is 13.6. The van der Waals surface area contributed by atoms with Gasteiger partial charge in [0, 0.05) is 14.5 Å². The largest absolute Gasteiger partial charge is 0.338 e. The molecule has 0 aliphatic carbocycles. The molecule has 2 nitrogen and oxygen atoms in total. The lowest BCUT2D eigenvalue weighted by Crippen LogP contribution is -1.80. The van der Waals surface area contributed by atoms with Gasteiger partial charge in [-0.2, -0.15) is 0 Å². The Morgan fingerprint density at radius 1 is 0.895 bits per heavy atom. The van der Waals surface area contributed by atoms with Crippen LogP contribution in [0, 0.1) is 0 Å². The minimum Gasteiger partial charge on any atom is -0.338 e. The molecule has 1 aromatic heterocycles. The van der Waals surface area contributed by atoms with Gasteiger partial charge in [0.15, 0.2) is 0 Å². The summed E-state index contributed by atoms with van der Waals surface area (Å²) in [6.07, 6.45) is 0. The van der Waals surface area contributed by atoms with Crippen molar-refractivity contribution in [2.75, 3.05) is 0 Å². The second kappa shape index (κ2) is 5.09. The van der Waals surface area contributed by atoms with Gasteiger partial charge >= 0.3 is 0 Å². The molecule has 0 fully saturated rings. The second-order valence-electron chi connectivity index (χ2n) is 4.03. The molecular weight excluding hydrogens is 415 g/mol. The van der Waals surface area contributed by atoms with Crippen LogP contribution in [0.4, 0.5) is 0 Å².